The predicted molar refractivity (Wildman–Crippen MR) is 141 cm³/mol. The van der Waals surface area contributed by atoms with Crippen LogP contribution in [0.25, 0.3) is 0 Å². The van der Waals surface area contributed by atoms with Gasteiger partial charge in [-0.15, -0.1) is 0 Å². The van der Waals surface area contributed by atoms with Gasteiger partial charge in [-0.25, -0.2) is 0 Å². The zero-order valence-electron chi connectivity index (χ0n) is 22.3. The van der Waals surface area contributed by atoms with Crippen molar-refractivity contribution in [1.82, 2.24) is 0 Å². The Morgan fingerprint density at radius 2 is 1.38 bits per heavy atom. The van der Waals surface area contributed by atoms with Gasteiger partial charge in [0.25, 0.3) is 0 Å². The number of fused-ring (bicyclic) bond motifs is 2. The molecule has 0 unspecified atom stereocenters. The lowest BCUT2D eigenvalue weighted by Crippen LogP contribution is -2.46. The van der Waals surface area contributed by atoms with Gasteiger partial charge in [0.1, 0.15) is 35.4 Å². The number of ether oxygens (including phenoxy) is 6. The summed E-state index contributed by atoms with van der Waals surface area (Å²) in [4.78, 5) is 0. The van der Waals surface area contributed by atoms with Crippen molar-refractivity contribution in [2.75, 3.05) is 27.4 Å². The zero-order chi connectivity index (χ0) is 26.0. The van der Waals surface area contributed by atoms with E-state index in [1.807, 2.05) is 48.5 Å². The van der Waals surface area contributed by atoms with Crippen molar-refractivity contribution >= 4 is 0 Å². The molecule has 2 aliphatic rings. The first-order chi connectivity index (χ1) is 17.9. The second kappa shape index (κ2) is 10.8. The molecule has 2 fully saturated rings. The minimum absolute atomic E-state index is 0.205. The molecule has 3 aromatic carbocycles. The topological polar surface area (TPSA) is 55.4 Å². The van der Waals surface area contributed by atoms with Gasteiger partial charge in [-0.3, -0.25) is 0 Å². The molecule has 2 heterocycles. The van der Waals surface area contributed by atoms with Crippen molar-refractivity contribution in [2.24, 2.45) is 0 Å². The molecular formula is C31H36O6. The maximum absolute atomic E-state index is 6.81. The second-order valence-electron chi connectivity index (χ2n) is 10.1. The summed E-state index contributed by atoms with van der Waals surface area (Å²) in [5, 5.41) is 0. The fourth-order valence-corrected chi connectivity index (χ4v) is 5.28. The minimum atomic E-state index is -0.681. The Labute approximate surface area is 219 Å². The number of hydrogen-bond acceptors (Lipinski definition) is 6. The number of hydrogen-bond donors (Lipinski definition) is 0. The largest absolute Gasteiger partial charge is 0.497 e. The van der Waals surface area contributed by atoms with Gasteiger partial charge >= 0.3 is 0 Å². The van der Waals surface area contributed by atoms with Crippen LogP contribution in [-0.4, -0.2) is 45.2 Å². The molecule has 0 N–H and O–H groups in total. The molecule has 0 amide bonds. The molecule has 0 spiro atoms. The highest BCUT2D eigenvalue weighted by atomic mass is 16.7. The van der Waals surface area contributed by atoms with E-state index in [2.05, 4.69) is 32.9 Å². The van der Waals surface area contributed by atoms with Crippen LogP contribution in [0.15, 0.2) is 60.7 Å². The highest BCUT2D eigenvalue weighted by Gasteiger charge is 2.63. The van der Waals surface area contributed by atoms with Crippen LogP contribution in [0.2, 0.25) is 0 Å². The summed E-state index contributed by atoms with van der Waals surface area (Å²) in [6.45, 7) is 8.15. The average molecular weight is 505 g/mol. The van der Waals surface area contributed by atoms with Crippen LogP contribution in [0.4, 0.5) is 0 Å². The van der Waals surface area contributed by atoms with E-state index < -0.39 is 5.60 Å². The molecular weight excluding hydrogens is 468 g/mol. The molecule has 3 aromatic rings. The lowest BCUT2D eigenvalue weighted by atomic mass is 9.93. The minimum Gasteiger partial charge on any atom is -0.497 e. The molecule has 6 nitrogen and oxygen atoms in total. The Morgan fingerprint density at radius 1 is 0.784 bits per heavy atom. The Bertz CT molecular complexity index is 1210. The van der Waals surface area contributed by atoms with Crippen molar-refractivity contribution in [1.29, 1.82) is 0 Å². The van der Waals surface area contributed by atoms with Gasteiger partial charge in [0.05, 0.1) is 40.6 Å². The van der Waals surface area contributed by atoms with Crippen LogP contribution < -0.4 is 9.47 Å². The normalized spacial score (nSPS) is 24.4. The van der Waals surface area contributed by atoms with Gasteiger partial charge < -0.3 is 28.4 Å². The van der Waals surface area contributed by atoms with Crippen molar-refractivity contribution in [2.45, 2.75) is 57.9 Å². The maximum atomic E-state index is 6.81. The fraction of sp³-hybridized carbons (Fsp3) is 0.419. The van der Waals surface area contributed by atoms with Gasteiger partial charge in [0.2, 0.25) is 0 Å². The van der Waals surface area contributed by atoms with E-state index in [4.69, 9.17) is 28.4 Å². The van der Waals surface area contributed by atoms with Gasteiger partial charge in [-0.1, -0.05) is 36.4 Å². The Morgan fingerprint density at radius 3 is 2.00 bits per heavy atom. The van der Waals surface area contributed by atoms with E-state index in [0.29, 0.717) is 26.4 Å². The molecule has 37 heavy (non-hydrogen) atoms. The standard InChI is InChI=1S/C31H36O6/c1-20-14-22(3)27(15-21(20)2)28-29-30(35-17-24-8-12-26(33-5)13-9-24)31(37-28,19-36-29)18-34-16-23-6-10-25(32-4)11-7-23/h6-15,28-30H,16-19H2,1-5H3/t28-,29+,30-,31-/m0/s1. The van der Waals surface area contributed by atoms with Gasteiger partial charge in [-0.2, -0.15) is 0 Å². The van der Waals surface area contributed by atoms with Crippen LogP contribution in [-0.2, 0) is 32.2 Å². The van der Waals surface area contributed by atoms with Crippen molar-refractivity contribution in [3.63, 3.8) is 0 Å². The predicted octanol–water partition coefficient (Wildman–Crippen LogP) is 5.64. The average Bonchev–Trinajstić information content (AvgIpc) is 3.41. The monoisotopic (exact) mass is 504 g/mol. The summed E-state index contributed by atoms with van der Waals surface area (Å²) in [6, 6.07) is 20.3. The number of methoxy groups -OCH3 is 2. The second-order valence-corrected chi connectivity index (χ2v) is 10.1. The quantitative estimate of drug-likeness (QED) is 0.356. The summed E-state index contributed by atoms with van der Waals surface area (Å²) in [5.74, 6) is 1.65. The summed E-state index contributed by atoms with van der Waals surface area (Å²) in [6.07, 6.45) is -0.668. The summed E-state index contributed by atoms with van der Waals surface area (Å²) in [7, 11) is 3.33. The third-order valence-corrected chi connectivity index (χ3v) is 7.55. The third-order valence-electron chi connectivity index (χ3n) is 7.55. The van der Waals surface area contributed by atoms with Crippen molar-refractivity contribution < 1.29 is 28.4 Å². The molecule has 5 rings (SSSR count). The van der Waals surface area contributed by atoms with Crippen LogP contribution in [0, 0.1) is 20.8 Å². The third kappa shape index (κ3) is 5.25. The highest BCUT2D eigenvalue weighted by Crippen LogP contribution is 2.50. The molecule has 4 atom stereocenters. The zero-order valence-corrected chi connectivity index (χ0v) is 22.3. The lowest BCUT2D eigenvalue weighted by molar-refractivity contribution is -0.176. The molecule has 0 radical (unpaired) electrons. The van der Waals surface area contributed by atoms with Crippen LogP contribution in [0.5, 0.6) is 11.5 Å². The first-order valence-electron chi connectivity index (χ1n) is 12.7. The van der Waals surface area contributed by atoms with Crippen LogP contribution >= 0.6 is 0 Å². The molecule has 2 aliphatic heterocycles. The van der Waals surface area contributed by atoms with Crippen molar-refractivity contribution in [3.8, 4) is 11.5 Å². The maximum Gasteiger partial charge on any atom is 0.144 e. The fourth-order valence-electron chi connectivity index (χ4n) is 5.28. The smallest absolute Gasteiger partial charge is 0.144 e. The first-order valence-corrected chi connectivity index (χ1v) is 12.7. The van der Waals surface area contributed by atoms with E-state index in [9.17, 15) is 0 Å². The number of aryl methyl sites for hydroxylation is 3. The van der Waals surface area contributed by atoms with Crippen molar-refractivity contribution in [3.05, 3.63) is 94.0 Å². The Hall–Kier alpha value is -2.90. The molecule has 2 bridgehead atoms. The Balaban J connectivity index is 1.35. The van der Waals surface area contributed by atoms with Gasteiger partial charge in [0, 0.05) is 0 Å². The van der Waals surface area contributed by atoms with E-state index >= 15 is 0 Å². The van der Waals surface area contributed by atoms with Crippen LogP contribution in [0.1, 0.15) is 39.5 Å². The highest BCUT2D eigenvalue weighted by molar-refractivity contribution is 5.39. The summed E-state index contributed by atoms with van der Waals surface area (Å²) >= 11 is 0. The lowest BCUT2D eigenvalue weighted by Gasteiger charge is -2.32. The molecule has 0 saturated carbocycles. The SMILES string of the molecule is COc1ccc(COC[C@@]23CO[C@H]([C@H](c4cc(C)c(C)cc4C)O2)[C@@H]3OCc2ccc(OC)cc2)cc1. The number of rotatable bonds is 10. The van der Waals surface area contributed by atoms with E-state index in [1.165, 1.54) is 16.7 Å². The Kier molecular flexibility index (Phi) is 7.54. The molecule has 196 valence electrons. The van der Waals surface area contributed by atoms with Crippen LogP contribution in [0.3, 0.4) is 0 Å². The van der Waals surface area contributed by atoms with E-state index in [1.54, 1.807) is 14.2 Å². The molecule has 0 aliphatic carbocycles. The summed E-state index contributed by atoms with van der Waals surface area (Å²) < 4.78 is 36.5. The van der Waals surface area contributed by atoms with Gasteiger partial charge in [-0.05, 0) is 78.4 Å². The first kappa shape index (κ1) is 25.7. The van der Waals surface area contributed by atoms with E-state index in [-0.39, 0.29) is 18.3 Å². The van der Waals surface area contributed by atoms with Gasteiger partial charge in [0.15, 0.2) is 0 Å². The molecule has 2 saturated heterocycles. The molecule has 0 aromatic heterocycles. The number of benzene rings is 3. The molecule has 6 heteroatoms. The van der Waals surface area contributed by atoms with E-state index in [0.717, 1.165) is 28.2 Å². The summed E-state index contributed by atoms with van der Waals surface area (Å²) in [5.41, 5.74) is 6.33.